The predicted octanol–water partition coefficient (Wildman–Crippen LogP) is 10.9. The van der Waals surface area contributed by atoms with Gasteiger partial charge in [0.25, 0.3) is 0 Å². The van der Waals surface area contributed by atoms with E-state index in [9.17, 15) is 0 Å². The molecular weight excluding hydrogens is 717 g/mol. The summed E-state index contributed by atoms with van der Waals surface area (Å²) in [6.45, 7) is 50.1. The summed E-state index contributed by atoms with van der Waals surface area (Å²) in [5.41, 5.74) is 2.25. The zero-order valence-corrected chi connectivity index (χ0v) is 41.9. The van der Waals surface area contributed by atoms with Crippen LogP contribution in [0.2, 0.25) is 0 Å². The van der Waals surface area contributed by atoms with Gasteiger partial charge in [0.2, 0.25) is 0 Å². The standard InChI is InChI=1S/C11H23NO.C10H21NO.C10H22O2.C9H20O2.C8H18O/c1-11(2,3)5-4-6-12-7-9-13-10-8-12;1-10(2,3)4-5-11-6-8-12-9-7-11;1-10(2,3)6-5-7-12-9-8-11-4;1-9(2,3)5-6-11-8-7-10-4;1-8(2,3)6-5-7-9-4/h4-10H2,1-3H3;4-9H2,1-3H3;5-9H2,1-4H3;5-8H2,1-4H3;5-7H2,1-4H3. The molecule has 0 aromatic heterocycles. The van der Waals surface area contributed by atoms with Gasteiger partial charge in [-0.15, -0.1) is 0 Å². The van der Waals surface area contributed by atoms with Gasteiger partial charge in [-0.3, -0.25) is 9.80 Å². The van der Waals surface area contributed by atoms with Crippen molar-refractivity contribution >= 4 is 0 Å². The van der Waals surface area contributed by atoms with Crippen molar-refractivity contribution in [1.29, 1.82) is 0 Å². The van der Waals surface area contributed by atoms with Crippen molar-refractivity contribution in [1.82, 2.24) is 9.80 Å². The molecule has 0 saturated carbocycles. The molecule has 9 nitrogen and oxygen atoms in total. The molecule has 0 radical (unpaired) electrons. The molecular formula is C48H104N2O7. The fourth-order valence-corrected chi connectivity index (χ4v) is 5.29. The van der Waals surface area contributed by atoms with Gasteiger partial charge in [0.1, 0.15) is 0 Å². The largest absolute Gasteiger partial charge is 0.385 e. The number of methoxy groups -OCH3 is 3. The molecule has 2 aliphatic heterocycles. The van der Waals surface area contributed by atoms with Crippen LogP contribution in [0.25, 0.3) is 0 Å². The highest BCUT2D eigenvalue weighted by atomic mass is 16.5. The van der Waals surface area contributed by atoms with Gasteiger partial charge >= 0.3 is 0 Å². The maximum Gasteiger partial charge on any atom is 0.0700 e. The summed E-state index contributed by atoms with van der Waals surface area (Å²) in [7, 11) is 5.13. The number of rotatable bonds is 19. The van der Waals surface area contributed by atoms with Crippen LogP contribution in [-0.2, 0) is 33.2 Å². The van der Waals surface area contributed by atoms with E-state index < -0.39 is 0 Å². The van der Waals surface area contributed by atoms with Gasteiger partial charge < -0.3 is 33.2 Å². The zero-order valence-electron chi connectivity index (χ0n) is 41.9. The third-order valence-electron chi connectivity index (χ3n) is 9.14. The fourth-order valence-electron chi connectivity index (χ4n) is 5.29. The molecule has 2 saturated heterocycles. The van der Waals surface area contributed by atoms with Crippen LogP contribution in [0.3, 0.4) is 0 Å². The Morgan fingerprint density at radius 3 is 1.05 bits per heavy atom. The normalized spacial score (nSPS) is 15.9. The van der Waals surface area contributed by atoms with Crippen LogP contribution in [0.15, 0.2) is 0 Å². The van der Waals surface area contributed by atoms with E-state index in [4.69, 9.17) is 33.2 Å². The van der Waals surface area contributed by atoms with Crippen LogP contribution in [0.5, 0.6) is 0 Å². The fraction of sp³-hybridized carbons (Fsp3) is 1.00. The first kappa shape index (κ1) is 60.9. The molecule has 0 spiro atoms. The highest BCUT2D eigenvalue weighted by molar-refractivity contribution is 4.68. The highest BCUT2D eigenvalue weighted by Crippen LogP contribution is 2.22. The van der Waals surface area contributed by atoms with Gasteiger partial charge in [-0.2, -0.15) is 0 Å². The molecule has 0 bridgehead atoms. The topological polar surface area (TPSA) is 71.1 Å². The Morgan fingerprint density at radius 1 is 0.351 bits per heavy atom. The van der Waals surface area contributed by atoms with E-state index in [1.807, 2.05) is 0 Å². The second-order valence-electron chi connectivity index (χ2n) is 21.7. The van der Waals surface area contributed by atoms with Gasteiger partial charge in [0.15, 0.2) is 0 Å². The average Bonchev–Trinajstić information content (AvgIpc) is 3.09. The molecule has 2 rings (SSSR count). The first-order valence-corrected chi connectivity index (χ1v) is 22.6. The van der Waals surface area contributed by atoms with Crippen LogP contribution in [0, 0.1) is 27.1 Å². The number of ether oxygens (including phenoxy) is 7. The molecule has 57 heavy (non-hydrogen) atoms. The molecule has 2 heterocycles. The maximum absolute atomic E-state index is 5.34. The number of nitrogens with zero attached hydrogens (tertiary/aromatic N) is 2. The lowest BCUT2D eigenvalue weighted by molar-refractivity contribution is 0.0333. The lowest BCUT2D eigenvalue weighted by atomic mass is 9.90. The molecule has 0 amide bonds. The molecule has 9 heteroatoms. The van der Waals surface area contributed by atoms with Crippen LogP contribution < -0.4 is 0 Å². The third-order valence-corrected chi connectivity index (χ3v) is 9.14. The Labute approximate surface area is 357 Å². The van der Waals surface area contributed by atoms with Crippen LogP contribution in [-0.4, -0.2) is 143 Å². The molecule has 2 fully saturated rings. The van der Waals surface area contributed by atoms with Gasteiger partial charge in [0, 0.05) is 67.3 Å². The van der Waals surface area contributed by atoms with E-state index in [1.54, 1.807) is 21.3 Å². The summed E-state index contributed by atoms with van der Waals surface area (Å²) < 4.78 is 35.9. The third kappa shape index (κ3) is 60.0. The Morgan fingerprint density at radius 2 is 0.684 bits per heavy atom. The van der Waals surface area contributed by atoms with Crippen LogP contribution in [0.4, 0.5) is 0 Å². The first-order valence-electron chi connectivity index (χ1n) is 22.6. The molecule has 0 unspecified atom stereocenters. The van der Waals surface area contributed by atoms with Crippen LogP contribution in [0.1, 0.15) is 155 Å². The Kier molecular flexibility index (Phi) is 38.8. The SMILES string of the molecule is CC(C)(C)CCCN1CCOCC1.CC(C)(C)CCN1CCOCC1.COCCCC(C)(C)C.COCCOCCC(C)(C)C.COCCOCCCC(C)(C)C. The Balaban J connectivity index is -0.000000643. The van der Waals surface area contributed by atoms with E-state index in [0.717, 1.165) is 91.9 Å². The second kappa shape index (κ2) is 36.3. The first-order chi connectivity index (χ1) is 26.3. The van der Waals surface area contributed by atoms with Gasteiger partial charge in [-0.1, -0.05) is 104 Å². The van der Waals surface area contributed by atoms with Crippen molar-refractivity contribution < 1.29 is 33.2 Å². The minimum absolute atomic E-state index is 0.382. The molecule has 0 atom stereocenters. The number of hydrogen-bond donors (Lipinski definition) is 0. The summed E-state index contributed by atoms with van der Waals surface area (Å²) >= 11 is 0. The van der Waals surface area contributed by atoms with Gasteiger partial charge in [-0.25, -0.2) is 0 Å². The zero-order chi connectivity index (χ0) is 44.3. The van der Waals surface area contributed by atoms with Crippen molar-refractivity contribution in [2.24, 2.45) is 27.1 Å². The predicted molar refractivity (Wildman–Crippen MR) is 246 cm³/mol. The van der Waals surface area contributed by atoms with E-state index in [2.05, 4.69) is 114 Å². The summed E-state index contributed by atoms with van der Waals surface area (Å²) in [4.78, 5) is 5.00. The monoisotopic (exact) mass is 821 g/mol. The maximum atomic E-state index is 5.34. The lowest BCUT2D eigenvalue weighted by Crippen LogP contribution is -2.37. The minimum atomic E-state index is 0.382. The van der Waals surface area contributed by atoms with Crippen molar-refractivity contribution in [2.45, 2.75) is 155 Å². The van der Waals surface area contributed by atoms with Crippen molar-refractivity contribution in [3.05, 3.63) is 0 Å². The summed E-state index contributed by atoms with van der Waals surface area (Å²) in [6.07, 6.45) is 9.84. The molecule has 348 valence electrons. The summed E-state index contributed by atoms with van der Waals surface area (Å²) in [5, 5.41) is 0. The molecule has 0 aliphatic carbocycles. The van der Waals surface area contributed by atoms with Crippen molar-refractivity contribution in [3.63, 3.8) is 0 Å². The van der Waals surface area contributed by atoms with E-state index >= 15 is 0 Å². The molecule has 2 aliphatic rings. The Bertz CT molecular complexity index is 811. The lowest BCUT2D eigenvalue weighted by Gasteiger charge is -2.29. The number of hydrogen-bond acceptors (Lipinski definition) is 9. The quantitative estimate of drug-likeness (QED) is 0.118. The van der Waals surface area contributed by atoms with Gasteiger partial charge in [-0.05, 0) is 91.5 Å². The minimum Gasteiger partial charge on any atom is -0.385 e. The van der Waals surface area contributed by atoms with E-state index in [0.29, 0.717) is 46.9 Å². The van der Waals surface area contributed by atoms with Gasteiger partial charge in [0.05, 0.1) is 52.9 Å². The van der Waals surface area contributed by atoms with Crippen LogP contribution >= 0.6 is 0 Å². The van der Waals surface area contributed by atoms with Crippen molar-refractivity contribution in [3.8, 4) is 0 Å². The second-order valence-corrected chi connectivity index (χ2v) is 21.7. The summed E-state index contributed by atoms with van der Waals surface area (Å²) in [6, 6.07) is 0. The molecule has 0 aromatic carbocycles. The molecule has 0 aromatic rings. The van der Waals surface area contributed by atoms with E-state index in [1.165, 1.54) is 51.6 Å². The van der Waals surface area contributed by atoms with E-state index in [-0.39, 0.29) is 0 Å². The highest BCUT2D eigenvalue weighted by Gasteiger charge is 2.16. The summed E-state index contributed by atoms with van der Waals surface area (Å²) in [5.74, 6) is 0. The van der Waals surface area contributed by atoms with Crippen molar-refractivity contribution in [2.75, 3.05) is 133 Å². The average molecular weight is 821 g/mol. The number of morpholine rings is 2. The molecule has 0 N–H and O–H groups in total. The smallest absolute Gasteiger partial charge is 0.0700 e. The Hall–Kier alpha value is -0.360.